The van der Waals surface area contributed by atoms with E-state index < -0.39 is 0 Å². The van der Waals surface area contributed by atoms with Gasteiger partial charge in [0.2, 0.25) is 5.91 Å². The van der Waals surface area contributed by atoms with E-state index in [1.807, 2.05) is 0 Å². The van der Waals surface area contributed by atoms with Crippen LogP contribution in [0.15, 0.2) is 42.5 Å². The molecule has 0 atom stereocenters. The number of amides is 2. The van der Waals surface area contributed by atoms with Crippen molar-refractivity contribution in [1.82, 2.24) is 4.90 Å². The van der Waals surface area contributed by atoms with Gasteiger partial charge in [-0.25, -0.2) is 0 Å². The molecule has 0 saturated heterocycles. The van der Waals surface area contributed by atoms with Gasteiger partial charge in [-0.1, -0.05) is 29.3 Å². The number of carbonyl (C=O) groups excluding carboxylic acids is 2. The molecule has 1 saturated carbocycles. The van der Waals surface area contributed by atoms with Crippen LogP contribution in [-0.2, 0) is 4.79 Å². The van der Waals surface area contributed by atoms with Crippen molar-refractivity contribution in [3.8, 4) is 5.75 Å². The lowest BCUT2D eigenvalue weighted by atomic mass is 10.2. The maximum Gasteiger partial charge on any atom is 0.254 e. The Morgan fingerprint density at radius 1 is 1.11 bits per heavy atom. The van der Waals surface area contributed by atoms with Gasteiger partial charge < -0.3 is 15.0 Å². The molecule has 0 aliphatic heterocycles. The first kappa shape index (κ1) is 19.5. The summed E-state index contributed by atoms with van der Waals surface area (Å²) in [6.45, 7) is 0.596. The van der Waals surface area contributed by atoms with Crippen molar-refractivity contribution in [2.45, 2.75) is 12.8 Å². The van der Waals surface area contributed by atoms with Gasteiger partial charge in [-0.3, -0.25) is 9.59 Å². The summed E-state index contributed by atoms with van der Waals surface area (Å²) in [6, 6.07) is 11.9. The maximum absolute atomic E-state index is 12.5. The second kappa shape index (κ2) is 8.63. The molecule has 0 spiro atoms. The Morgan fingerprint density at radius 2 is 1.74 bits per heavy atom. The minimum atomic E-state index is -0.384. The molecule has 142 valence electrons. The number of carbonyl (C=O) groups is 2. The molecular weight excluding hydrogens is 387 g/mol. The van der Waals surface area contributed by atoms with Crippen LogP contribution in [0.4, 0.5) is 5.69 Å². The van der Waals surface area contributed by atoms with Crippen LogP contribution in [0.5, 0.6) is 5.75 Å². The van der Waals surface area contributed by atoms with Crippen molar-refractivity contribution in [2.24, 2.45) is 5.92 Å². The molecule has 0 bridgehead atoms. The van der Waals surface area contributed by atoms with Crippen LogP contribution in [0.2, 0.25) is 10.0 Å². The van der Waals surface area contributed by atoms with Crippen LogP contribution in [-0.4, -0.2) is 36.9 Å². The number of likely N-dealkylation sites (N-methyl/N-ethyl adjacent to an activating group) is 1. The average molecular weight is 407 g/mol. The first-order valence-electron chi connectivity index (χ1n) is 8.66. The second-order valence-corrected chi connectivity index (χ2v) is 7.40. The molecule has 27 heavy (non-hydrogen) atoms. The maximum atomic E-state index is 12.5. The molecule has 2 aromatic rings. The normalized spacial score (nSPS) is 13.1. The molecule has 0 radical (unpaired) electrons. The summed E-state index contributed by atoms with van der Waals surface area (Å²) in [7, 11) is 1.56. The molecule has 7 heteroatoms. The van der Waals surface area contributed by atoms with E-state index in [1.165, 1.54) is 17.7 Å². The summed E-state index contributed by atoms with van der Waals surface area (Å²) in [4.78, 5) is 26.1. The van der Waals surface area contributed by atoms with Crippen molar-refractivity contribution in [2.75, 3.05) is 25.5 Å². The van der Waals surface area contributed by atoms with Crippen LogP contribution >= 0.6 is 23.2 Å². The van der Waals surface area contributed by atoms with Gasteiger partial charge in [0.05, 0.1) is 28.9 Å². The number of anilines is 1. The summed E-state index contributed by atoms with van der Waals surface area (Å²) in [5.74, 6) is 0.768. The number of hydrogen-bond donors (Lipinski definition) is 1. The summed E-state index contributed by atoms with van der Waals surface area (Å²) >= 11 is 12.1. The Balaban J connectivity index is 1.55. The molecule has 5 nitrogen and oxygen atoms in total. The van der Waals surface area contributed by atoms with E-state index >= 15 is 0 Å². The lowest BCUT2D eigenvalue weighted by molar-refractivity contribution is -0.116. The topological polar surface area (TPSA) is 58.6 Å². The van der Waals surface area contributed by atoms with E-state index in [4.69, 9.17) is 27.9 Å². The quantitative estimate of drug-likeness (QED) is 0.736. The molecule has 0 aromatic heterocycles. The molecular formula is C20H20Cl2N2O3. The smallest absolute Gasteiger partial charge is 0.254 e. The summed E-state index contributed by atoms with van der Waals surface area (Å²) < 4.78 is 5.66. The molecule has 0 heterocycles. The van der Waals surface area contributed by atoms with E-state index in [1.54, 1.807) is 49.5 Å². The Morgan fingerprint density at radius 3 is 2.33 bits per heavy atom. The van der Waals surface area contributed by atoms with E-state index in [2.05, 4.69) is 5.32 Å². The number of ether oxygens (including phenoxy) is 1. The van der Waals surface area contributed by atoms with Gasteiger partial charge in [0.1, 0.15) is 5.75 Å². The third-order valence-corrected chi connectivity index (χ3v) is 4.87. The fourth-order valence-electron chi connectivity index (χ4n) is 2.50. The number of para-hydroxylation sites is 1. The fourth-order valence-corrected chi connectivity index (χ4v) is 2.99. The molecule has 1 aliphatic carbocycles. The number of halogens is 2. The zero-order valence-corrected chi connectivity index (χ0v) is 16.4. The number of benzene rings is 2. The fraction of sp³-hybridized carbons (Fsp3) is 0.300. The first-order valence-corrected chi connectivity index (χ1v) is 9.42. The zero-order valence-electron chi connectivity index (χ0n) is 14.9. The van der Waals surface area contributed by atoms with Crippen molar-refractivity contribution in [3.05, 3.63) is 58.1 Å². The van der Waals surface area contributed by atoms with Gasteiger partial charge >= 0.3 is 0 Å². The third-order valence-electron chi connectivity index (χ3n) is 4.24. The van der Waals surface area contributed by atoms with Gasteiger partial charge in [0.15, 0.2) is 0 Å². The van der Waals surface area contributed by atoms with Crippen LogP contribution in [0.3, 0.4) is 0 Å². The second-order valence-electron chi connectivity index (χ2n) is 6.58. The lowest BCUT2D eigenvalue weighted by Gasteiger charge is -2.18. The average Bonchev–Trinajstić information content (AvgIpc) is 3.47. The molecule has 1 aliphatic rings. The Kier molecular flexibility index (Phi) is 6.24. The highest BCUT2D eigenvalue weighted by Gasteiger charge is 2.22. The number of rotatable bonds is 7. The predicted octanol–water partition coefficient (Wildman–Crippen LogP) is 4.49. The number of nitrogens with zero attached hydrogens (tertiary/aromatic N) is 1. The van der Waals surface area contributed by atoms with Crippen LogP contribution in [0.25, 0.3) is 0 Å². The lowest BCUT2D eigenvalue weighted by Crippen LogP contribution is -2.35. The summed E-state index contributed by atoms with van der Waals surface area (Å²) in [5.41, 5.74) is 0.823. The summed E-state index contributed by atoms with van der Waals surface area (Å²) in [6.07, 6.45) is 2.45. The van der Waals surface area contributed by atoms with Gasteiger partial charge in [-0.05, 0) is 55.2 Å². The van der Waals surface area contributed by atoms with E-state index in [0.29, 0.717) is 27.2 Å². The zero-order chi connectivity index (χ0) is 19.4. The highest BCUT2D eigenvalue weighted by Crippen LogP contribution is 2.30. The minimum Gasteiger partial charge on any atom is -0.493 e. The first-order chi connectivity index (χ1) is 12.9. The van der Waals surface area contributed by atoms with E-state index in [-0.39, 0.29) is 18.4 Å². The van der Waals surface area contributed by atoms with E-state index in [9.17, 15) is 9.59 Å². The number of hydrogen-bond acceptors (Lipinski definition) is 3. The predicted molar refractivity (Wildman–Crippen MR) is 107 cm³/mol. The van der Waals surface area contributed by atoms with Crippen molar-refractivity contribution in [3.63, 3.8) is 0 Å². The van der Waals surface area contributed by atoms with Crippen LogP contribution in [0.1, 0.15) is 23.2 Å². The SMILES string of the molecule is CN(CC(=O)Nc1c(Cl)cccc1Cl)C(=O)c1ccc(OCC2CC2)cc1. The molecule has 0 unspecified atom stereocenters. The highest BCUT2D eigenvalue weighted by atomic mass is 35.5. The van der Waals surface area contributed by atoms with Gasteiger partial charge in [0.25, 0.3) is 5.91 Å². The largest absolute Gasteiger partial charge is 0.493 e. The Hall–Kier alpha value is -2.24. The minimum absolute atomic E-state index is 0.125. The Labute approximate surface area is 168 Å². The standard InChI is InChI=1S/C20H20Cl2N2O3/c1-24(11-18(25)23-19-16(21)3-2-4-17(19)22)20(26)14-7-9-15(10-8-14)27-12-13-5-6-13/h2-4,7-10,13H,5-6,11-12H2,1H3,(H,23,25). The van der Waals surface area contributed by atoms with E-state index in [0.717, 1.165) is 12.4 Å². The van der Waals surface area contributed by atoms with Gasteiger partial charge in [-0.2, -0.15) is 0 Å². The molecule has 3 rings (SSSR count). The Bertz CT molecular complexity index is 815. The monoisotopic (exact) mass is 406 g/mol. The molecule has 1 N–H and O–H groups in total. The highest BCUT2D eigenvalue weighted by molar-refractivity contribution is 6.39. The summed E-state index contributed by atoms with van der Waals surface area (Å²) in [5, 5.41) is 3.32. The number of nitrogens with one attached hydrogen (secondary N) is 1. The van der Waals surface area contributed by atoms with Crippen LogP contribution in [0, 0.1) is 5.92 Å². The molecule has 1 fully saturated rings. The third kappa shape index (κ3) is 5.37. The molecule has 2 aromatic carbocycles. The van der Waals surface area contributed by atoms with Crippen molar-refractivity contribution < 1.29 is 14.3 Å². The van der Waals surface area contributed by atoms with Crippen molar-refractivity contribution >= 4 is 40.7 Å². The van der Waals surface area contributed by atoms with Crippen LogP contribution < -0.4 is 10.1 Å². The van der Waals surface area contributed by atoms with Gasteiger partial charge in [-0.15, -0.1) is 0 Å². The molecule has 2 amide bonds. The van der Waals surface area contributed by atoms with Gasteiger partial charge in [0, 0.05) is 12.6 Å². The van der Waals surface area contributed by atoms with Crippen molar-refractivity contribution in [1.29, 1.82) is 0 Å².